The van der Waals surface area contributed by atoms with Crippen molar-refractivity contribution >= 4 is 0 Å². The van der Waals surface area contributed by atoms with Crippen LogP contribution in [-0.2, 0) is 0 Å². The van der Waals surface area contributed by atoms with E-state index in [1.807, 2.05) is 19.0 Å². The highest BCUT2D eigenvalue weighted by atomic mass is 15.2. The molecule has 0 saturated heterocycles. The van der Waals surface area contributed by atoms with Crippen molar-refractivity contribution < 1.29 is 0 Å². The van der Waals surface area contributed by atoms with Gasteiger partial charge in [-0.1, -0.05) is 6.58 Å². The molecule has 8 heavy (non-hydrogen) atoms. The molecule has 0 bridgehead atoms. The van der Waals surface area contributed by atoms with Gasteiger partial charge >= 0.3 is 0 Å². The molecule has 0 aromatic rings. The molecule has 0 heterocycles. The second kappa shape index (κ2) is 3.46. The lowest BCUT2D eigenvalue weighted by atomic mass is 10.5. The van der Waals surface area contributed by atoms with Gasteiger partial charge in [0, 0.05) is 12.2 Å². The van der Waals surface area contributed by atoms with E-state index < -0.39 is 0 Å². The zero-order valence-electron chi connectivity index (χ0n) is 5.44. The predicted octanol–water partition coefficient (Wildman–Crippen LogP) is -0.475. The highest BCUT2D eigenvalue weighted by Crippen LogP contribution is 1.81. The van der Waals surface area contributed by atoms with E-state index >= 15 is 0 Å². The maximum Gasteiger partial charge on any atom is 0.0383 e. The molecule has 0 aliphatic carbocycles. The summed E-state index contributed by atoms with van der Waals surface area (Å²) in [6.07, 6.45) is 0. The van der Waals surface area contributed by atoms with Gasteiger partial charge in [0.05, 0.1) is 0 Å². The number of nitrogens with two attached hydrogens (primary N) is 1. The maximum absolute atomic E-state index is 5.04. The first-order valence-electron chi connectivity index (χ1n) is 2.46. The van der Waals surface area contributed by atoms with Crippen LogP contribution < -0.4 is 11.3 Å². The Morgan fingerprint density at radius 1 is 1.75 bits per heavy atom. The Hall–Kier alpha value is -0.540. The average molecular weight is 115 g/mol. The third-order valence-electron chi connectivity index (χ3n) is 0.711. The molecule has 0 spiro atoms. The topological polar surface area (TPSA) is 41.3 Å². The summed E-state index contributed by atoms with van der Waals surface area (Å²) in [6.45, 7) is 4.42. The number of nitrogens with zero attached hydrogens (tertiary/aromatic N) is 1. The minimum atomic E-state index is 0.788. The second-order valence-electron chi connectivity index (χ2n) is 1.99. The zero-order valence-corrected chi connectivity index (χ0v) is 5.44. The van der Waals surface area contributed by atoms with Crippen LogP contribution in [0.3, 0.4) is 0 Å². The van der Waals surface area contributed by atoms with Crippen molar-refractivity contribution in [2.75, 3.05) is 20.6 Å². The molecule has 3 nitrogen and oxygen atoms in total. The van der Waals surface area contributed by atoms with E-state index in [0.717, 1.165) is 12.2 Å². The van der Waals surface area contributed by atoms with Gasteiger partial charge in [-0.2, -0.15) is 0 Å². The summed E-state index contributed by atoms with van der Waals surface area (Å²) >= 11 is 0. The van der Waals surface area contributed by atoms with Gasteiger partial charge in [-0.25, -0.2) is 0 Å². The molecule has 0 unspecified atom stereocenters. The minimum absolute atomic E-state index is 0.788. The molecule has 0 amide bonds. The molecule has 3 N–H and O–H groups in total. The number of hydrogen-bond acceptors (Lipinski definition) is 3. The van der Waals surface area contributed by atoms with Crippen LogP contribution in [0.5, 0.6) is 0 Å². The molecule has 0 atom stereocenters. The lowest BCUT2D eigenvalue weighted by Gasteiger charge is -2.10. The summed E-state index contributed by atoms with van der Waals surface area (Å²) in [5, 5.41) is 0. The van der Waals surface area contributed by atoms with Gasteiger partial charge in [-0.05, 0) is 14.1 Å². The minimum Gasteiger partial charge on any atom is -0.328 e. The molecule has 3 heteroatoms. The van der Waals surface area contributed by atoms with Gasteiger partial charge in [0.2, 0.25) is 0 Å². The van der Waals surface area contributed by atoms with Crippen molar-refractivity contribution in [2.24, 2.45) is 5.84 Å². The maximum atomic E-state index is 5.04. The molecular formula is C5H13N3. The van der Waals surface area contributed by atoms with E-state index in [9.17, 15) is 0 Å². The first-order chi connectivity index (χ1) is 3.66. The monoisotopic (exact) mass is 115 g/mol. The van der Waals surface area contributed by atoms with Gasteiger partial charge in [-0.15, -0.1) is 0 Å². The number of likely N-dealkylation sites (N-methyl/N-ethyl adjacent to an activating group) is 1. The van der Waals surface area contributed by atoms with Crippen molar-refractivity contribution in [1.29, 1.82) is 0 Å². The summed E-state index contributed by atoms with van der Waals surface area (Å²) in [5.74, 6) is 5.04. The molecule has 0 aliphatic heterocycles. The van der Waals surface area contributed by atoms with Crippen LogP contribution in [0.2, 0.25) is 0 Å². The Kier molecular flexibility index (Phi) is 3.23. The quantitative estimate of drug-likeness (QED) is 0.386. The van der Waals surface area contributed by atoms with Crippen LogP contribution in [0.25, 0.3) is 0 Å². The molecule has 0 fully saturated rings. The van der Waals surface area contributed by atoms with Crippen LogP contribution in [0.4, 0.5) is 0 Å². The Bertz CT molecular complexity index is 77.7. The first kappa shape index (κ1) is 7.46. The fourth-order valence-electron chi connectivity index (χ4n) is 0.427. The van der Waals surface area contributed by atoms with Crippen LogP contribution >= 0.6 is 0 Å². The lowest BCUT2D eigenvalue weighted by molar-refractivity contribution is 0.434. The number of hydrogen-bond donors (Lipinski definition) is 2. The number of nitrogens with one attached hydrogen (secondary N) is 1. The first-order valence-corrected chi connectivity index (χ1v) is 2.46. The number of rotatable bonds is 3. The van der Waals surface area contributed by atoms with Gasteiger partial charge in [0.25, 0.3) is 0 Å². The summed E-state index contributed by atoms with van der Waals surface area (Å²) < 4.78 is 0. The van der Waals surface area contributed by atoms with Gasteiger partial charge in [0.15, 0.2) is 0 Å². The summed E-state index contributed by atoms with van der Waals surface area (Å²) in [5.41, 5.74) is 3.29. The third-order valence-corrected chi connectivity index (χ3v) is 0.711. The van der Waals surface area contributed by atoms with Crippen molar-refractivity contribution in [2.45, 2.75) is 0 Å². The molecule has 0 radical (unpaired) electrons. The Morgan fingerprint density at radius 2 is 2.25 bits per heavy atom. The normalized spacial score (nSPS) is 9.50. The van der Waals surface area contributed by atoms with Crippen LogP contribution in [0.15, 0.2) is 12.3 Å². The standard InChI is InChI=1S/C5H13N3/c1-5(7-6)4-8(2)3/h7H,1,4,6H2,2-3H3. The van der Waals surface area contributed by atoms with Crippen LogP contribution in [0.1, 0.15) is 0 Å². The molecule has 0 rings (SSSR count). The van der Waals surface area contributed by atoms with Gasteiger partial charge in [0.1, 0.15) is 0 Å². The van der Waals surface area contributed by atoms with Crippen molar-refractivity contribution in [3.8, 4) is 0 Å². The SMILES string of the molecule is C=C(CN(C)C)NN. The van der Waals surface area contributed by atoms with Gasteiger partial charge < -0.3 is 10.3 Å². The summed E-state index contributed by atoms with van der Waals surface area (Å²) in [4.78, 5) is 1.99. The Labute approximate surface area is 50.1 Å². The third kappa shape index (κ3) is 3.64. The molecule has 48 valence electrons. The highest BCUT2D eigenvalue weighted by molar-refractivity contribution is 4.90. The highest BCUT2D eigenvalue weighted by Gasteiger charge is 1.89. The van der Waals surface area contributed by atoms with E-state index in [-0.39, 0.29) is 0 Å². The summed E-state index contributed by atoms with van der Waals surface area (Å²) in [7, 11) is 3.92. The molecule has 0 aromatic heterocycles. The zero-order chi connectivity index (χ0) is 6.57. The van der Waals surface area contributed by atoms with Crippen molar-refractivity contribution in [3.63, 3.8) is 0 Å². The number of hydrazine groups is 1. The van der Waals surface area contributed by atoms with Crippen LogP contribution in [-0.4, -0.2) is 25.5 Å². The largest absolute Gasteiger partial charge is 0.328 e. The van der Waals surface area contributed by atoms with Gasteiger partial charge in [-0.3, -0.25) is 5.84 Å². The lowest BCUT2D eigenvalue weighted by Crippen LogP contribution is -2.28. The molecule has 0 aromatic carbocycles. The smallest absolute Gasteiger partial charge is 0.0383 e. The molecule has 0 saturated carbocycles. The van der Waals surface area contributed by atoms with Crippen molar-refractivity contribution in [3.05, 3.63) is 12.3 Å². The van der Waals surface area contributed by atoms with E-state index in [2.05, 4.69) is 12.0 Å². The van der Waals surface area contributed by atoms with E-state index in [1.54, 1.807) is 0 Å². The fourth-order valence-corrected chi connectivity index (χ4v) is 0.427. The fraction of sp³-hybridized carbons (Fsp3) is 0.600. The Morgan fingerprint density at radius 3 is 2.38 bits per heavy atom. The Balaban J connectivity index is 3.25. The predicted molar refractivity (Wildman–Crippen MR) is 35.0 cm³/mol. The average Bonchev–Trinajstić information content (AvgIpc) is 1.65. The second-order valence-corrected chi connectivity index (χ2v) is 1.99. The van der Waals surface area contributed by atoms with E-state index in [4.69, 9.17) is 5.84 Å². The van der Waals surface area contributed by atoms with Crippen molar-refractivity contribution in [1.82, 2.24) is 10.3 Å². The molecule has 0 aliphatic rings. The van der Waals surface area contributed by atoms with E-state index in [1.165, 1.54) is 0 Å². The van der Waals surface area contributed by atoms with E-state index in [0.29, 0.717) is 0 Å². The summed E-state index contributed by atoms with van der Waals surface area (Å²) in [6, 6.07) is 0. The molecular weight excluding hydrogens is 102 g/mol. The van der Waals surface area contributed by atoms with Crippen LogP contribution in [0, 0.1) is 0 Å².